The van der Waals surface area contributed by atoms with Crippen molar-refractivity contribution in [2.45, 2.75) is 31.9 Å². The number of benzene rings is 2. The first kappa shape index (κ1) is 15.8. The van der Waals surface area contributed by atoms with Crippen molar-refractivity contribution in [2.75, 3.05) is 9.96 Å². The van der Waals surface area contributed by atoms with Gasteiger partial charge in [0.25, 0.3) is 5.91 Å². The van der Waals surface area contributed by atoms with Crippen molar-refractivity contribution in [1.29, 1.82) is 0 Å². The van der Waals surface area contributed by atoms with Crippen LogP contribution in [-0.2, 0) is 14.4 Å². The second-order valence-electron chi connectivity index (χ2n) is 6.42. The fourth-order valence-electron chi connectivity index (χ4n) is 3.74. The minimum Gasteiger partial charge on any atom is -0.273 e. The summed E-state index contributed by atoms with van der Waals surface area (Å²) < 4.78 is 0. The molecule has 0 saturated carbocycles. The summed E-state index contributed by atoms with van der Waals surface area (Å²) in [6.45, 7) is 2.08. The number of nitrogens with zero attached hydrogens (tertiary/aromatic N) is 2. The molecule has 0 unspecified atom stereocenters. The lowest BCUT2D eigenvalue weighted by molar-refractivity contribution is -0.126. The van der Waals surface area contributed by atoms with Gasteiger partial charge in [-0.2, -0.15) is 0 Å². The van der Waals surface area contributed by atoms with Crippen molar-refractivity contribution in [1.82, 2.24) is 0 Å². The minimum absolute atomic E-state index is 0.137. The van der Waals surface area contributed by atoms with Crippen molar-refractivity contribution in [3.63, 3.8) is 0 Å². The largest absolute Gasteiger partial charge is 0.273 e. The molecule has 3 atom stereocenters. The molecule has 0 N–H and O–H groups in total. The van der Waals surface area contributed by atoms with E-state index in [1.807, 2.05) is 48.5 Å². The number of carbonyl (C=O) groups is 2. The number of hydrogen-bond donors (Lipinski definition) is 0. The maximum Gasteiger partial charge on any atom is 0.266 e. The highest BCUT2D eigenvalue weighted by Gasteiger charge is 2.59. The molecule has 0 aliphatic carbocycles. The number of amides is 2. The van der Waals surface area contributed by atoms with Gasteiger partial charge in [-0.05, 0) is 30.7 Å². The number of hydroxylamine groups is 1. The third-order valence-electron chi connectivity index (χ3n) is 4.85. The lowest BCUT2D eigenvalue weighted by atomic mass is 9.93. The predicted molar refractivity (Wildman–Crippen MR) is 94.9 cm³/mol. The fraction of sp³-hybridized carbons (Fsp3) is 0.300. The minimum atomic E-state index is -0.746. The number of rotatable bonds is 4. The first-order valence-electron chi connectivity index (χ1n) is 8.66. The maximum atomic E-state index is 13.1. The van der Waals surface area contributed by atoms with E-state index in [0.717, 1.165) is 18.5 Å². The van der Waals surface area contributed by atoms with Gasteiger partial charge in [0.2, 0.25) is 5.91 Å². The molecule has 2 aromatic carbocycles. The topological polar surface area (TPSA) is 49.9 Å². The average Bonchev–Trinajstić information content (AvgIpc) is 3.13. The highest BCUT2D eigenvalue weighted by Crippen LogP contribution is 2.41. The standard InChI is InChI=1S/C20H20N2O3/c1-2-9-16-17-18(25-22(16)15-12-7-4-8-13-15)20(24)21(19(17)23)14-10-5-3-6-11-14/h3-8,10-13,16-18H,2,9H2,1H3/t16-,17+,18-/m1/s1. The Balaban J connectivity index is 1.68. The number of anilines is 2. The molecule has 4 rings (SSSR count). The highest BCUT2D eigenvalue weighted by molar-refractivity contribution is 6.23. The Kier molecular flexibility index (Phi) is 4.01. The van der Waals surface area contributed by atoms with E-state index >= 15 is 0 Å². The van der Waals surface area contributed by atoms with Gasteiger partial charge >= 0.3 is 0 Å². The zero-order valence-corrected chi connectivity index (χ0v) is 14.0. The number of hydrogen-bond acceptors (Lipinski definition) is 4. The molecule has 2 heterocycles. The van der Waals surface area contributed by atoms with Gasteiger partial charge in [-0.3, -0.25) is 14.4 Å². The Morgan fingerprint density at radius 3 is 2.08 bits per heavy atom. The van der Waals surface area contributed by atoms with Gasteiger partial charge in [0.05, 0.1) is 23.3 Å². The Morgan fingerprint density at radius 2 is 1.48 bits per heavy atom. The van der Waals surface area contributed by atoms with Crippen LogP contribution in [0.1, 0.15) is 19.8 Å². The van der Waals surface area contributed by atoms with E-state index in [1.54, 1.807) is 17.2 Å². The second kappa shape index (κ2) is 6.33. The first-order valence-corrected chi connectivity index (χ1v) is 8.66. The third kappa shape index (κ3) is 2.51. The van der Waals surface area contributed by atoms with Gasteiger partial charge in [-0.15, -0.1) is 0 Å². The molecule has 5 nitrogen and oxygen atoms in total. The normalized spacial score (nSPS) is 25.6. The summed E-state index contributed by atoms with van der Waals surface area (Å²) in [7, 11) is 0. The number of para-hydroxylation sites is 2. The molecular formula is C20H20N2O3. The van der Waals surface area contributed by atoms with Crippen molar-refractivity contribution < 1.29 is 14.4 Å². The van der Waals surface area contributed by atoms with E-state index in [-0.39, 0.29) is 17.9 Å². The van der Waals surface area contributed by atoms with Crippen LogP contribution in [0.4, 0.5) is 11.4 Å². The average molecular weight is 336 g/mol. The van der Waals surface area contributed by atoms with E-state index < -0.39 is 12.0 Å². The van der Waals surface area contributed by atoms with Crippen LogP contribution in [0.5, 0.6) is 0 Å². The predicted octanol–water partition coefficient (Wildman–Crippen LogP) is 3.17. The summed E-state index contributed by atoms with van der Waals surface area (Å²) in [5.41, 5.74) is 1.49. The van der Waals surface area contributed by atoms with Gasteiger partial charge in [0.1, 0.15) is 0 Å². The number of carbonyl (C=O) groups excluding carboxylic acids is 2. The van der Waals surface area contributed by atoms with Crippen LogP contribution in [0, 0.1) is 5.92 Å². The van der Waals surface area contributed by atoms with Crippen LogP contribution in [0.2, 0.25) is 0 Å². The van der Waals surface area contributed by atoms with Crippen molar-refractivity contribution in [3.05, 3.63) is 60.7 Å². The third-order valence-corrected chi connectivity index (χ3v) is 4.85. The van der Waals surface area contributed by atoms with Gasteiger partial charge in [-0.25, -0.2) is 9.96 Å². The molecule has 5 heteroatoms. The zero-order valence-electron chi connectivity index (χ0n) is 14.0. The fourth-order valence-corrected chi connectivity index (χ4v) is 3.74. The molecule has 128 valence electrons. The van der Waals surface area contributed by atoms with Crippen LogP contribution < -0.4 is 9.96 Å². The molecule has 2 fully saturated rings. The molecule has 25 heavy (non-hydrogen) atoms. The van der Waals surface area contributed by atoms with Crippen molar-refractivity contribution >= 4 is 23.2 Å². The molecule has 0 radical (unpaired) electrons. The summed E-state index contributed by atoms with van der Waals surface area (Å²) in [6, 6.07) is 18.6. The van der Waals surface area contributed by atoms with Crippen molar-refractivity contribution in [2.24, 2.45) is 5.92 Å². The van der Waals surface area contributed by atoms with Crippen LogP contribution in [0.3, 0.4) is 0 Å². The summed E-state index contributed by atoms with van der Waals surface area (Å²) in [5.74, 6) is -0.910. The van der Waals surface area contributed by atoms with E-state index in [1.165, 1.54) is 4.90 Å². The van der Waals surface area contributed by atoms with Crippen molar-refractivity contribution in [3.8, 4) is 0 Å². The molecule has 2 aliphatic rings. The van der Waals surface area contributed by atoms with E-state index in [4.69, 9.17) is 4.84 Å². The molecule has 0 spiro atoms. The van der Waals surface area contributed by atoms with Gasteiger partial charge < -0.3 is 0 Å². The summed E-state index contributed by atoms with van der Waals surface area (Å²) in [6.07, 6.45) is 0.954. The van der Waals surface area contributed by atoms with E-state index in [9.17, 15) is 9.59 Å². The van der Waals surface area contributed by atoms with E-state index in [0.29, 0.717) is 5.69 Å². The van der Waals surface area contributed by atoms with Crippen LogP contribution in [0.15, 0.2) is 60.7 Å². The lowest BCUT2D eigenvalue weighted by Gasteiger charge is -2.28. The smallest absolute Gasteiger partial charge is 0.266 e. The van der Waals surface area contributed by atoms with Gasteiger partial charge in [-0.1, -0.05) is 49.7 Å². The molecule has 2 aliphatic heterocycles. The second-order valence-corrected chi connectivity index (χ2v) is 6.42. The van der Waals surface area contributed by atoms with Gasteiger partial charge in [0, 0.05) is 0 Å². The SMILES string of the molecule is CCC[C@@H]1[C@@H]2C(=O)N(c3ccccc3)C(=O)[C@@H]2ON1c1ccccc1. The quantitative estimate of drug-likeness (QED) is 0.805. The van der Waals surface area contributed by atoms with Crippen LogP contribution >= 0.6 is 0 Å². The number of fused-ring (bicyclic) bond motifs is 1. The molecule has 2 aromatic rings. The number of imide groups is 1. The monoisotopic (exact) mass is 336 g/mol. The molecule has 2 amide bonds. The molecular weight excluding hydrogens is 316 g/mol. The van der Waals surface area contributed by atoms with Crippen LogP contribution in [-0.4, -0.2) is 24.0 Å². The first-order chi connectivity index (χ1) is 12.2. The Bertz CT molecular complexity index is 778. The Morgan fingerprint density at radius 1 is 0.880 bits per heavy atom. The van der Waals surface area contributed by atoms with E-state index in [2.05, 4.69) is 6.92 Å². The molecule has 0 aromatic heterocycles. The highest BCUT2D eigenvalue weighted by atomic mass is 16.7. The summed E-state index contributed by atoms with van der Waals surface area (Å²) in [4.78, 5) is 33.2. The van der Waals surface area contributed by atoms with Gasteiger partial charge in [0.15, 0.2) is 6.10 Å². The lowest BCUT2D eigenvalue weighted by Crippen LogP contribution is -2.40. The Labute approximate surface area is 146 Å². The Hall–Kier alpha value is -2.66. The molecule has 2 saturated heterocycles. The summed E-state index contributed by atoms with van der Waals surface area (Å²) >= 11 is 0. The zero-order chi connectivity index (χ0) is 17.4. The maximum absolute atomic E-state index is 13.1. The summed E-state index contributed by atoms with van der Waals surface area (Å²) in [5, 5.41) is 1.76. The van der Waals surface area contributed by atoms with Crippen LogP contribution in [0.25, 0.3) is 0 Å². The molecule has 0 bridgehead atoms.